The van der Waals surface area contributed by atoms with E-state index in [-0.39, 0.29) is 23.6 Å². The van der Waals surface area contributed by atoms with E-state index in [1.807, 2.05) is 20.8 Å². The van der Waals surface area contributed by atoms with Gasteiger partial charge in [0.15, 0.2) is 11.3 Å². The number of fused-ring (bicyclic) bond motifs is 1. The number of nitrogens with one attached hydrogen (secondary N) is 2. The summed E-state index contributed by atoms with van der Waals surface area (Å²) >= 11 is 0. The first-order chi connectivity index (χ1) is 11.8. The van der Waals surface area contributed by atoms with Crippen molar-refractivity contribution in [3.63, 3.8) is 0 Å². The number of anilines is 1. The molecule has 7 heteroatoms. The first-order valence-electron chi connectivity index (χ1n) is 7.85. The van der Waals surface area contributed by atoms with Gasteiger partial charge in [0.05, 0.1) is 12.8 Å². The van der Waals surface area contributed by atoms with Crippen LogP contribution < -0.4 is 10.6 Å². The van der Waals surface area contributed by atoms with Crippen LogP contribution in [0.25, 0.3) is 11.1 Å². The van der Waals surface area contributed by atoms with Crippen LogP contribution in [-0.4, -0.2) is 23.3 Å². The summed E-state index contributed by atoms with van der Waals surface area (Å²) in [6.45, 7) is 5.88. The van der Waals surface area contributed by atoms with Crippen LogP contribution in [0.5, 0.6) is 0 Å². The van der Waals surface area contributed by atoms with Gasteiger partial charge in [-0.15, -0.1) is 0 Å². The minimum Gasteiger partial charge on any atom is -0.459 e. The van der Waals surface area contributed by atoms with Gasteiger partial charge in [0.1, 0.15) is 5.52 Å². The highest BCUT2D eigenvalue weighted by molar-refractivity contribution is 5.98. The number of oxazole rings is 1. The van der Waals surface area contributed by atoms with Gasteiger partial charge < -0.3 is 19.5 Å². The lowest BCUT2D eigenvalue weighted by atomic mass is 9.97. The molecule has 0 bridgehead atoms. The van der Waals surface area contributed by atoms with Crippen LogP contribution in [-0.2, 0) is 10.2 Å². The van der Waals surface area contributed by atoms with Gasteiger partial charge in [0.2, 0.25) is 11.8 Å². The van der Waals surface area contributed by atoms with Crippen molar-refractivity contribution in [1.29, 1.82) is 0 Å². The molecule has 2 N–H and O–H groups in total. The molecule has 3 aromatic rings. The van der Waals surface area contributed by atoms with Crippen LogP contribution in [0.15, 0.2) is 45.4 Å². The molecule has 0 aliphatic rings. The maximum absolute atomic E-state index is 12.0. The smallest absolute Gasteiger partial charge is 0.287 e. The fraction of sp³-hybridized carbons (Fsp3) is 0.278. The Bertz CT molecular complexity index is 904. The average molecular weight is 341 g/mol. The fourth-order valence-corrected chi connectivity index (χ4v) is 2.19. The van der Waals surface area contributed by atoms with Crippen LogP contribution in [0.3, 0.4) is 0 Å². The monoisotopic (exact) mass is 341 g/mol. The van der Waals surface area contributed by atoms with Gasteiger partial charge in [-0.3, -0.25) is 9.59 Å². The standard InChI is InChI=1S/C18H19N3O4/c1-18(2,3)17-21-12-9-11(6-7-13(12)25-17)20-15(22)10-19-16(23)14-5-4-8-24-14/h4-9H,10H2,1-3H3,(H,19,23)(H,20,22). The SMILES string of the molecule is CC(C)(C)c1nc2cc(NC(=O)CNC(=O)c3ccco3)ccc2o1. The van der Waals surface area contributed by atoms with Crippen molar-refractivity contribution in [2.45, 2.75) is 26.2 Å². The molecule has 0 aliphatic heterocycles. The zero-order valence-corrected chi connectivity index (χ0v) is 14.3. The predicted octanol–water partition coefficient (Wildman–Crippen LogP) is 3.09. The molecule has 2 aromatic heterocycles. The maximum atomic E-state index is 12.0. The molecule has 0 spiro atoms. The van der Waals surface area contributed by atoms with E-state index in [0.29, 0.717) is 22.7 Å². The number of rotatable bonds is 4. The molecule has 0 saturated heterocycles. The lowest BCUT2D eigenvalue weighted by molar-refractivity contribution is -0.115. The summed E-state index contributed by atoms with van der Waals surface area (Å²) in [4.78, 5) is 28.2. The highest BCUT2D eigenvalue weighted by Crippen LogP contribution is 2.27. The van der Waals surface area contributed by atoms with Crippen molar-refractivity contribution in [2.24, 2.45) is 0 Å². The number of carbonyl (C=O) groups excluding carboxylic acids is 2. The molecule has 2 heterocycles. The van der Waals surface area contributed by atoms with Gasteiger partial charge in [0.25, 0.3) is 5.91 Å². The lowest BCUT2D eigenvalue weighted by Gasteiger charge is -2.11. The molecule has 2 amide bonds. The summed E-state index contributed by atoms with van der Waals surface area (Å²) in [6.07, 6.45) is 1.40. The Morgan fingerprint density at radius 2 is 2.00 bits per heavy atom. The maximum Gasteiger partial charge on any atom is 0.287 e. The zero-order valence-electron chi connectivity index (χ0n) is 14.3. The Balaban J connectivity index is 1.64. The zero-order chi connectivity index (χ0) is 18.0. The third-order valence-electron chi connectivity index (χ3n) is 3.47. The number of carbonyl (C=O) groups is 2. The van der Waals surface area contributed by atoms with E-state index in [2.05, 4.69) is 15.6 Å². The number of amides is 2. The summed E-state index contributed by atoms with van der Waals surface area (Å²) < 4.78 is 10.7. The van der Waals surface area contributed by atoms with Crippen LogP contribution in [0.4, 0.5) is 5.69 Å². The summed E-state index contributed by atoms with van der Waals surface area (Å²) in [5, 5.41) is 5.20. The van der Waals surface area contributed by atoms with E-state index in [1.165, 1.54) is 12.3 Å². The molecule has 0 atom stereocenters. The second kappa shape index (κ2) is 6.43. The highest BCUT2D eigenvalue weighted by Gasteiger charge is 2.21. The van der Waals surface area contributed by atoms with E-state index < -0.39 is 5.91 Å². The van der Waals surface area contributed by atoms with E-state index in [0.717, 1.165) is 0 Å². The molecule has 3 rings (SSSR count). The molecule has 0 saturated carbocycles. The number of furan rings is 1. The van der Waals surface area contributed by atoms with E-state index in [1.54, 1.807) is 24.3 Å². The summed E-state index contributed by atoms with van der Waals surface area (Å²) in [5.74, 6) is 0.00364. The van der Waals surface area contributed by atoms with Gasteiger partial charge in [-0.25, -0.2) is 4.98 Å². The third kappa shape index (κ3) is 3.88. The topological polar surface area (TPSA) is 97.4 Å². The summed E-state index contributed by atoms with van der Waals surface area (Å²) in [5.41, 5.74) is 1.72. The Morgan fingerprint density at radius 3 is 2.68 bits per heavy atom. The van der Waals surface area contributed by atoms with Gasteiger partial charge in [-0.2, -0.15) is 0 Å². The largest absolute Gasteiger partial charge is 0.459 e. The predicted molar refractivity (Wildman–Crippen MR) is 92.4 cm³/mol. The number of nitrogens with zero attached hydrogens (tertiary/aromatic N) is 1. The first kappa shape index (κ1) is 16.8. The van der Waals surface area contributed by atoms with Crippen molar-refractivity contribution in [2.75, 3.05) is 11.9 Å². The molecular weight excluding hydrogens is 322 g/mol. The summed E-state index contributed by atoms with van der Waals surface area (Å²) in [7, 11) is 0. The Hall–Kier alpha value is -3.09. The quantitative estimate of drug-likeness (QED) is 0.760. The molecular formula is C18H19N3O4. The highest BCUT2D eigenvalue weighted by atomic mass is 16.4. The van der Waals surface area contributed by atoms with Crippen molar-refractivity contribution in [1.82, 2.24) is 10.3 Å². The van der Waals surface area contributed by atoms with Crippen molar-refractivity contribution < 1.29 is 18.4 Å². The van der Waals surface area contributed by atoms with E-state index >= 15 is 0 Å². The van der Waals surface area contributed by atoms with Crippen LogP contribution >= 0.6 is 0 Å². The van der Waals surface area contributed by atoms with Crippen LogP contribution in [0, 0.1) is 0 Å². The number of aromatic nitrogens is 1. The minimum atomic E-state index is -0.443. The number of benzene rings is 1. The van der Waals surface area contributed by atoms with Crippen LogP contribution in [0.1, 0.15) is 37.2 Å². The normalized spacial score (nSPS) is 11.5. The molecule has 7 nitrogen and oxygen atoms in total. The molecule has 0 unspecified atom stereocenters. The van der Waals surface area contributed by atoms with Gasteiger partial charge >= 0.3 is 0 Å². The van der Waals surface area contributed by atoms with E-state index in [9.17, 15) is 9.59 Å². The van der Waals surface area contributed by atoms with Crippen molar-refractivity contribution in [3.05, 3.63) is 48.2 Å². The van der Waals surface area contributed by atoms with Gasteiger partial charge in [0, 0.05) is 11.1 Å². The first-order valence-corrected chi connectivity index (χ1v) is 7.85. The Morgan fingerprint density at radius 1 is 1.20 bits per heavy atom. The molecule has 0 aliphatic carbocycles. The fourth-order valence-electron chi connectivity index (χ4n) is 2.19. The Kier molecular flexibility index (Phi) is 4.31. The number of hydrogen-bond acceptors (Lipinski definition) is 5. The van der Waals surface area contributed by atoms with Crippen molar-refractivity contribution >= 4 is 28.6 Å². The summed E-state index contributed by atoms with van der Waals surface area (Å²) in [6, 6.07) is 8.35. The second-order valence-electron chi connectivity index (χ2n) is 6.66. The van der Waals surface area contributed by atoms with Gasteiger partial charge in [-0.1, -0.05) is 20.8 Å². The van der Waals surface area contributed by atoms with E-state index in [4.69, 9.17) is 8.83 Å². The minimum absolute atomic E-state index is 0.159. The average Bonchev–Trinajstić information content (AvgIpc) is 3.20. The third-order valence-corrected chi connectivity index (χ3v) is 3.47. The number of hydrogen-bond donors (Lipinski definition) is 2. The lowest BCUT2D eigenvalue weighted by Crippen LogP contribution is -2.32. The second-order valence-corrected chi connectivity index (χ2v) is 6.66. The molecule has 1 aromatic carbocycles. The Labute approximate surface area is 144 Å². The molecule has 0 fully saturated rings. The molecule has 130 valence electrons. The van der Waals surface area contributed by atoms with Crippen LogP contribution in [0.2, 0.25) is 0 Å². The molecule has 25 heavy (non-hydrogen) atoms. The molecule has 0 radical (unpaired) electrons. The van der Waals surface area contributed by atoms with Gasteiger partial charge in [-0.05, 0) is 30.3 Å². The van der Waals surface area contributed by atoms with Crippen molar-refractivity contribution in [3.8, 4) is 0 Å².